The first-order valence-corrected chi connectivity index (χ1v) is 16.3. The minimum atomic E-state index is -0.674. The van der Waals surface area contributed by atoms with Crippen LogP contribution in [0.5, 0.6) is 11.5 Å². The number of hydrogen-bond acceptors (Lipinski definition) is 8. The average Bonchev–Trinajstić information content (AvgIpc) is 3.17. The predicted molar refractivity (Wildman–Crippen MR) is 197 cm³/mol. The third kappa shape index (κ3) is 9.86. The van der Waals surface area contributed by atoms with Crippen molar-refractivity contribution in [3.05, 3.63) is 167 Å². The third-order valence-electron chi connectivity index (χ3n) is 7.63. The summed E-state index contributed by atoms with van der Waals surface area (Å²) in [4.78, 5) is 54.4. The van der Waals surface area contributed by atoms with Gasteiger partial charge in [0, 0.05) is 24.3 Å². The maximum atomic E-state index is 13.4. The van der Waals surface area contributed by atoms with Crippen molar-refractivity contribution in [3.8, 4) is 11.5 Å². The number of carbonyl (C=O) groups is 4. The number of amides is 2. The highest BCUT2D eigenvalue weighted by molar-refractivity contribution is 6.05. The molecule has 5 rings (SSSR count). The van der Waals surface area contributed by atoms with Gasteiger partial charge in [-0.3, -0.25) is 9.59 Å². The molecule has 0 bridgehead atoms. The Morgan fingerprint density at radius 3 is 1.69 bits per heavy atom. The number of benzene rings is 5. The highest BCUT2D eigenvalue weighted by atomic mass is 16.6. The molecule has 0 saturated carbocycles. The summed E-state index contributed by atoms with van der Waals surface area (Å²) in [6, 6.07) is 37.4. The average molecular weight is 681 g/mol. The van der Waals surface area contributed by atoms with Crippen molar-refractivity contribution in [2.45, 2.75) is 13.8 Å². The molecule has 256 valence electrons. The predicted octanol–water partition coefficient (Wildman–Crippen LogP) is 6.89. The Kier molecular flexibility index (Phi) is 12.2. The number of anilines is 1. The van der Waals surface area contributed by atoms with E-state index in [9.17, 15) is 19.2 Å². The van der Waals surface area contributed by atoms with Gasteiger partial charge in [0.15, 0.2) is 11.5 Å². The topological polar surface area (TPSA) is 126 Å². The number of nitrogens with zero attached hydrogens (tertiary/aromatic N) is 2. The second kappa shape index (κ2) is 17.5. The molecule has 5 aromatic carbocycles. The normalized spacial score (nSPS) is 11.1. The van der Waals surface area contributed by atoms with E-state index >= 15 is 0 Å². The molecule has 5 aromatic rings. The van der Waals surface area contributed by atoms with Crippen LogP contribution in [0.25, 0.3) is 6.08 Å². The minimum Gasteiger partial charge on any atom is -0.419 e. The number of hydrogen-bond donors (Lipinski definition) is 2. The van der Waals surface area contributed by atoms with Crippen LogP contribution in [0.4, 0.5) is 5.69 Å². The Balaban J connectivity index is 1.37. The first-order valence-electron chi connectivity index (χ1n) is 16.3. The molecule has 0 radical (unpaired) electrons. The zero-order valence-electron chi connectivity index (χ0n) is 28.1. The molecule has 0 heterocycles. The van der Waals surface area contributed by atoms with Crippen LogP contribution in [0, 0.1) is 0 Å². The molecule has 10 heteroatoms. The summed E-state index contributed by atoms with van der Waals surface area (Å²) >= 11 is 0. The van der Waals surface area contributed by atoms with E-state index in [1.54, 1.807) is 103 Å². The molecule has 0 fully saturated rings. The summed E-state index contributed by atoms with van der Waals surface area (Å²) in [5, 5.41) is 6.78. The van der Waals surface area contributed by atoms with Crippen molar-refractivity contribution >= 4 is 41.7 Å². The van der Waals surface area contributed by atoms with Crippen LogP contribution in [-0.4, -0.2) is 43.1 Å². The molecular formula is C41H36N4O6. The summed E-state index contributed by atoms with van der Waals surface area (Å²) in [6.45, 7) is 5.85. The van der Waals surface area contributed by atoms with Gasteiger partial charge in [-0.2, -0.15) is 5.10 Å². The monoisotopic (exact) mass is 680 g/mol. The molecule has 0 atom stereocenters. The highest BCUT2D eigenvalue weighted by Gasteiger charge is 2.18. The molecule has 0 saturated heterocycles. The zero-order valence-corrected chi connectivity index (χ0v) is 28.1. The van der Waals surface area contributed by atoms with E-state index in [4.69, 9.17) is 9.47 Å². The van der Waals surface area contributed by atoms with Gasteiger partial charge in [-0.05, 0) is 97.8 Å². The zero-order chi connectivity index (χ0) is 36.0. The summed E-state index contributed by atoms with van der Waals surface area (Å²) in [5.74, 6) is -2.47. The lowest BCUT2D eigenvalue weighted by atomic mass is 10.1. The fourth-order valence-electron chi connectivity index (χ4n) is 4.94. The SMILES string of the molecule is CCN(CC)c1ccc(/C=C(\NC(=O)c2ccccc2)C(=O)NN=Cc2ccc(OC(=O)c3ccccc3)c(OC(=O)c3ccccc3)c2)cc1. The Hall–Kier alpha value is -6.81. The summed E-state index contributed by atoms with van der Waals surface area (Å²) in [6.07, 6.45) is 2.89. The van der Waals surface area contributed by atoms with Gasteiger partial charge in [0.1, 0.15) is 5.70 Å². The summed E-state index contributed by atoms with van der Waals surface area (Å²) in [7, 11) is 0. The lowest BCUT2D eigenvalue weighted by Gasteiger charge is -2.21. The van der Waals surface area contributed by atoms with Crippen molar-refractivity contribution in [1.29, 1.82) is 0 Å². The van der Waals surface area contributed by atoms with Gasteiger partial charge in [0.25, 0.3) is 11.8 Å². The van der Waals surface area contributed by atoms with E-state index in [1.807, 2.05) is 24.3 Å². The highest BCUT2D eigenvalue weighted by Crippen LogP contribution is 2.30. The molecule has 0 unspecified atom stereocenters. The molecule has 2 N–H and O–H groups in total. The molecule has 0 aliphatic heterocycles. The van der Waals surface area contributed by atoms with Crippen LogP contribution in [0.3, 0.4) is 0 Å². The molecule has 51 heavy (non-hydrogen) atoms. The Morgan fingerprint density at radius 1 is 0.627 bits per heavy atom. The maximum absolute atomic E-state index is 13.4. The van der Waals surface area contributed by atoms with Crippen molar-refractivity contribution in [1.82, 2.24) is 10.7 Å². The number of hydrazone groups is 1. The second-order valence-corrected chi connectivity index (χ2v) is 11.1. The minimum absolute atomic E-state index is 0.00942. The fraction of sp³-hybridized carbons (Fsp3) is 0.0976. The maximum Gasteiger partial charge on any atom is 0.343 e. The van der Waals surface area contributed by atoms with Crippen LogP contribution < -0.4 is 25.1 Å². The number of carbonyl (C=O) groups excluding carboxylic acids is 4. The molecule has 10 nitrogen and oxygen atoms in total. The van der Waals surface area contributed by atoms with Gasteiger partial charge in [0.2, 0.25) is 0 Å². The number of rotatable bonds is 13. The van der Waals surface area contributed by atoms with Crippen molar-refractivity contribution in [2.24, 2.45) is 5.10 Å². The van der Waals surface area contributed by atoms with Crippen LogP contribution in [0.2, 0.25) is 0 Å². The van der Waals surface area contributed by atoms with Crippen molar-refractivity contribution < 1.29 is 28.7 Å². The van der Waals surface area contributed by atoms with Gasteiger partial charge in [-0.25, -0.2) is 15.0 Å². The van der Waals surface area contributed by atoms with E-state index in [0.717, 1.165) is 18.8 Å². The van der Waals surface area contributed by atoms with Crippen LogP contribution in [0.1, 0.15) is 56.0 Å². The van der Waals surface area contributed by atoms with Crippen molar-refractivity contribution in [2.75, 3.05) is 18.0 Å². The van der Waals surface area contributed by atoms with E-state index in [2.05, 4.69) is 34.6 Å². The van der Waals surface area contributed by atoms with Crippen LogP contribution >= 0.6 is 0 Å². The Labute approximate surface area is 296 Å². The molecule has 0 aliphatic carbocycles. The summed E-state index contributed by atoms with van der Waals surface area (Å²) in [5.41, 5.74) is 5.56. The number of esters is 2. The molecule has 0 aliphatic rings. The van der Waals surface area contributed by atoms with Gasteiger partial charge in [0.05, 0.1) is 17.3 Å². The van der Waals surface area contributed by atoms with E-state index in [-0.39, 0.29) is 17.2 Å². The second-order valence-electron chi connectivity index (χ2n) is 11.1. The van der Waals surface area contributed by atoms with E-state index < -0.39 is 23.8 Å². The number of ether oxygens (including phenoxy) is 2. The van der Waals surface area contributed by atoms with E-state index in [0.29, 0.717) is 27.8 Å². The van der Waals surface area contributed by atoms with Gasteiger partial charge >= 0.3 is 11.9 Å². The third-order valence-corrected chi connectivity index (χ3v) is 7.63. The summed E-state index contributed by atoms with van der Waals surface area (Å²) < 4.78 is 11.2. The molecule has 0 aromatic heterocycles. The van der Waals surface area contributed by atoms with Gasteiger partial charge < -0.3 is 19.7 Å². The lowest BCUT2D eigenvalue weighted by Crippen LogP contribution is -2.32. The largest absolute Gasteiger partial charge is 0.419 e. The van der Waals surface area contributed by atoms with Crippen LogP contribution in [-0.2, 0) is 4.79 Å². The Morgan fingerprint density at radius 2 is 1.14 bits per heavy atom. The first kappa shape index (κ1) is 35.5. The lowest BCUT2D eigenvalue weighted by molar-refractivity contribution is -0.117. The fourth-order valence-corrected chi connectivity index (χ4v) is 4.94. The standard InChI is InChI=1S/C41H36N4O6/c1-3-45(4-2)34-23-20-29(21-24-34)26-35(43-38(46)31-14-8-5-9-15-31)39(47)44-42-28-30-22-25-36(50-40(48)32-16-10-6-11-17-32)37(27-30)51-41(49)33-18-12-7-13-19-33/h5-28H,3-4H2,1-2H3,(H,43,46)(H,44,47)/b35-26-,42-28?. The smallest absolute Gasteiger partial charge is 0.343 e. The first-order chi connectivity index (χ1) is 24.8. The Bertz CT molecular complexity index is 2030. The van der Waals surface area contributed by atoms with Crippen LogP contribution in [0.15, 0.2) is 144 Å². The molecule has 2 amide bonds. The number of nitrogens with one attached hydrogen (secondary N) is 2. The van der Waals surface area contributed by atoms with Gasteiger partial charge in [-0.1, -0.05) is 66.7 Å². The van der Waals surface area contributed by atoms with Crippen molar-refractivity contribution in [3.63, 3.8) is 0 Å². The van der Waals surface area contributed by atoms with E-state index in [1.165, 1.54) is 18.3 Å². The molecule has 0 spiro atoms. The quantitative estimate of drug-likeness (QED) is 0.0456. The molecular weight excluding hydrogens is 644 g/mol. The van der Waals surface area contributed by atoms with Gasteiger partial charge in [-0.15, -0.1) is 0 Å².